The summed E-state index contributed by atoms with van der Waals surface area (Å²) in [5, 5.41) is 0. The molecule has 25 nitrogen and oxygen atoms in total. The summed E-state index contributed by atoms with van der Waals surface area (Å²) in [6.07, 6.45) is 36.3. The highest BCUT2D eigenvalue weighted by Gasteiger charge is 2.36. The minimum absolute atomic E-state index is 0.0130. The van der Waals surface area contributed by atoms with Crippen molar-refractivity contribution in [1.82, 2.24) is 73.7 Å². The molecule has 0 atom stereocenters. The van der Waals surface area contributed by atoms with Crippen LogP contribution in [0.1, 0.15) is 267 Å². The van der Waals surface area contributed by atoms with Gasteiger partial charge in [-0.05, 0) is 216 Å². The normalized spacial score (nSPS) is 18.1. The Labute approximate surface area is 748 Å². The summed E-state index contributed by atoms with van der Waals surface area (Å²) in [5.74, 6) is 2.38. The molecule has 0 bridgehead atoms. The first-order chi connectivity index (χ1) is 60.9. The van der Waals surface area contributed by atoms with E-state index >= 15 is 0 Å². The van der Waals surface area contributed by atoms with Gasteiger partial charge < -0.3 is 63.4 Å². The summed E-state index contributed by atoms with van der Waals surface area (Å²) in [5.41, 5.74) is 21.9. The average Bonchev–Trinajstić information content (AvgIpc) is 1.38. The fourth-order valence-electron chi connectivity index (χ4n) is 19.2. The van der Waals surface area contributed by atoms with Crippen LogP contribution in [0.25, 0.3) is 32.0 Å². The van der Waals surface area contributed by atoms with Crippen LogP contribution in [0.2, 0.25) is 0 Å². The molecule has 0 spiro atoms. The summed E-state index contributed by atoms with van der Waals surface area (Å²) in [6, 6.07) is 28.0. The van der Waals surface area contributed by atoms with Crippen molar-refractivity contribution in [2.45, 2.75) is 186 Å². The van der Waals surface area contributed by atoms with E-state index in [4.69, 9.17) is 13.1 Å². The van der Waals surface area contributed by atoms with Crippen LogP contribution in [-0.2, 0) is 32.7 Å². The van der Waals surface area contributed by atoms with Gasteiger partial charge in [0.15, 0.2) is 11.6 Å². The second-order valence-electron chi connectivity index (χ2n) is 37.1. The van der Waals surface area contributed by atoms with Gasteiger partial charge in [-0.1, -0.05) is 142 Å². The van der Waals surface area contributed by atoms with Crippen LogP contribution in [0.3, 0.4) is 0 Å². The van der Waals surface area contributed by atoms with Crippen molar-refractivity contribution in [2.75, 3.05) is 109 Å². The minimum Gasteiger partial charge on any atom is -0.363 e. The third-order valence-corrected chi connectivity index (χ3v) is 26.4. The lowest BCUT2D eigenvalue weighted by Crippen LogP contribution is -2.48. The van der Waals surface area contributed by atoms with E-state index in [-0.39, 0.29) is 107 Å². The lowest BCUT2D eigenvalue weighted by Gasteiger charge is -2.37. The number of amides is 8. The summed E-state index contributed by atoms with van der Waals surface area (Å²) in [7, 11) is 16.6. The van der Waals surface area contributed by atoms with Crippen molar-refractivity contribution in [1.29, 1.82) is 0 Å². The second-order valence-corrected chi connectivity index (χ2v) is 37.1. The highest BCUT2D eigenvalue weighted by molar-refractivity contribution is 5.98. The first kappa shape index (κ1) is 92.2. The number of benzene rings is 4. The predicted octanol–water partition coefficient (Wildman–Crippen LogP) is 19.2. The number of rotatable bonds is 20. The predicted molar refractivity (Wildman–Crippen MR) is 499 cm³/mol. The molecule has 3 N–H and O–H groups in total. The molecule has 8 aliphatic rings. The number of aromatic nitrogens is 7. The van der Waals surface area contributed by atoms with E-state index in [0.717, 1.165) is 122 Å². The Morgan fingerprint density at radius 2 is 0.795 bits per heavy atom. The molecule has 8 heterocycles. The monoisotopic (exact) mass is 1720 g/mol. The molecule has 8 amide bonds. The Kier molecular flexibility index (Phi) is 30.0. The highest BCUT2D eigenvalue weighted by atomic mass is 16.2. The molecule has 127 heavy (non-hydrogen) atoms. The van der Waals surface area contributed by atoms with E-state index in [1.807, 2.05) is 88.6 Å². The zero-order valence-electron chi connectivity index (χ0n) is 76.5. The standard InChI is InChI=1S/C27H33N5O2.C26H33N3O2.C25H32N4O2.C24H27N5O2/c1-27(2)11-9-18(10-12-27)22-13-19(21-15-31(5)26(34)32(6)16-21)7-8-20(22)14-23(33)25-29-24(28-3)17-30(25)4;1-18-12-24(27-15-18)25(30)14-21-11-10-20(22-16-28(2)26(31)29(3)17-22)13-23(21)19-8-6-4-5-7-9-19;1-17-14-26-24(27-17)23(30)13-20-11-10-19(21-15-28(2)25(31)29(3)16-21)12-22(20)18-8-6-4-5-7-9-18;1-25-22-13-26-23(27-22)21(30)12-18-10-9-17(11-20(18)16-7-5-4-6-8-16)19-14-28(2)24(31)29(3)15-19/h7-9,13,17,21H,10-12,14-16H2,1-2,4-6H3;8,10-13,15,22,27H,4-7,9,14,16-17H2,1-3H3;8,10-12,14,21H,4-7,9,13,15-16H2,1-3H3,(H,26,27);7,9-11,13,19H,4-6,8,12,14-15H2,2-3H3,(H,26,27). The van der Waals surface area contributed by atoms with Gasteiger partial charge in [0.2, 0.25) is 29.0 Å². The summed E-state index contributed by atoms with van der Waals surface area (Å²) in [4.78, 5) is 143. The number of likely N-dealkylation sites (N-methyl/N-ethyl adjacent to an activating group) is 8. The quantitative estimate of drug-likeness (QED) is 0.0477. The number of nitrogens with zero attached hydrogens (tertiary/aromatic N) is 14. The van der Waals surface area contributed by atoms with Crippen LogP contribution in [0.4, 0.5) is 30.8 Å². The third kappa shape index (κ3) is 22.8. The van der Waals surface area contributed by atoms with Crippen molar-refractivity contribution in [3.8, 4) is 0 Å². The Hall–Kier alpha value is -12.5. The van der Waals surface area contributed by atoms with E-state index in [9.17, 15) is 38.4 Å². The van der Waals surface area contributed by atoms with Crippen LogP contribution in [-0.4, -0.2) is 230 Å². The molecule has 4 saturated heterocycles. The molecule has 0 unspecified atom stereocenters. The van der Waals surface area contributed by atoms with Gasteiger partial charge in [0.1, 0.15) is 0 Å². The van der Waals surface area contributed by atoms with Gasteiger partial charge in [0, 0.05) is 189 Å². The van der Waals surface area contributed by atoms with Crippen molar-refractivity contribution < 1.29 is 38.4 Å². The summed E-state index contributed by atoms with van der Waals surface area (Å²) < 4.78 is 1.64. The number of ketones is 4. The fourth-order valence-corrected chi connectivity index (χ4v) is 19.2. The van der Waals surface area contributed by atoms with Crippen LogP contribution in [0, 0.1) is 32.4 Å². The number of carbonyl (C=O) groups is 8. The van der Waals surface area contributed by atoms with Gasteiger partial charge in [0.25, 0.3) is 11.6 Å². The number of hydrogen-bond donors (Lipinski definition) is 3. The van der Waals surface area contributed by atoms with E-state index in [1.54, 1.807) is 63.2 Å². The number of allylic oxidation sites excluding steroid dienone is 8. The van der Waals surface area contributed by atoms with Gasteiger partial charge in [-0.25, -0.2) is 29.1 Å². The van der Waals surface area contributed by atoms with Gasteiger partial charge >= 0.3 is 24.1 Å². The largest absolute Gasteiger partial charge is 0.363 e. The van der Waals surface area contributed by atoms with Crippen LogP contribution in [0.5, 0.6) is 0 Å². The molecule has 25 heteroatoms. The Bertz CT molecular complexity index is 5440. The zero-order chi connectivity index (χ0) is 90.5. The molecule has 4 fully saturated rings. The van der Waals surface area contributed by atoms with Crippen LogP contribution < -0.4 is 0 Å². The SMILES string of the molecule is Cc1c[nH]c(C(=O)Cc2ccc(C3CN(C)C(=O)N(C)C3)cc2C2=CCCCCC2)c1.Cc1cnc(C(=O)Cc2ccc(C3CN(C)C(=O)N(C)C3)cc2C2=CCCCCC2)[nH]1.[C-]#[N+]c1cn(C)c(C(=O)Cc2ccc(C3CN(C)C(=O)N(C)C3)cc2C2=CCC(C)(C)CC2)n1.[C-]#[N+]c1cnc(C(=O)Cc2ccc(C3CN(C)C(=O)N(C)C3)cc2C2=CCCCC2)[nH]1. The second kappa shape index (κ2) is 41.3. The average molecular weight is 1720 g/mol. The number of imidazole rings is 3. The molecule has 0 radical (unpaired) electrons. The number of H-pyrrole nitrogens is 3. The van der Waals surface area contributed by atoms with Crippen molar-refractivity contribution in [3.05, 3.63) is 252 Å². The minimum atomic E-state index is -0.122. The molecule has 16 rings (SSSR count). The van der Waals surface area contributed by atoms with Crippen LogP contribution >= 0.6 is 0 Å². The molecule has 4 aromatic carbocycles. The summed E-state index contributed by atoms with van der Waals surface area (Å²) in [6.45, 7) is 28.3. The van der Waals surface area contributed by atoms with Gasteiger partial charge in [-0.2, -0.15) is 0 Å². The first-order valence-electron chi connectivity index (χ1n) is 45.1. The number of nitrogens with one attached hydrogen (secondary N) is 3. The Morgan fingerprint density at radius 1 is 0.433 bits per heavy atom. The maximum absolute atomic E-state index is 13.2. The lowest BCUT2D eigenvalue weighted by molar-refractivity contribution is 0.0973. The topological polar surface area (TPSA) is 262 Å². The molecular formula is C102H125N17O8. The lowest BCUT2D eigenvalue weighted by atomic mass is 9.76. The number of urea groups is 4. The zero-order valence-corrected chi connectivity index (χ0v) is 76.5. The van der Waals surface area contributed by atoms with Gasteiger partial charge in [0.05, 0.1) is 11.9 Å². The smallest absolute Gasteiger partial charge is 0.319 e. The number of aryl methyl sites for hydroxylation is 3. The molecule has 0 saturated carbocycles. The molecular weight excluding hydrogens is 1590 g/mol. The van der Waals surface area contributed by atoms with Crippen molar-refractivity contribution >= 4 is 81.2 Å². The first-order valence-corrected chi connectivity index (χ1v) is 45.1. The fraction of sp³-hybridized carbons (Fsp3) is 0.461. The van der Waals surface area contributed by atoms with Crippen molar-refractivity contribution in [3.63, 3.8) is 0 Å². The van der Waals surface area contributed by atoms with Crippen molar-refractivity contribution in [2.24, 2.45) is 12.5 Å². The van der Waals surface area contributed by atoms with Gasteiger partial charge in [-0.15, -0.1) is 0 Å². The number of aromatic amines is 3. The maximum atomic E-state index is 13.2. The van der Waals surface area contributed by atoms with Crippen LogP contribution in [0.15, 0.2) is 128 Å². The highest BCUT2D eigenvalue weighted by Crippen LogP contribution is 2.42. The molecule has 4 aliphatic carbocycles. The third-order valence-electron chi connectivity index (χ3n) is 26.4. The maximum Gasteiger partial charge on any atom is 0.319 e. The van der Waals surface area contributed by atoms with E-state index in [1.165, 1.54) is 107 Å². The van der Waals surface area contributed by atoms with Gasteiger partial charge in [-0.3, -0.25) is 24.2 Å². The molecule has 8 aromatic rings. The number of carbonyl (C=O) groups excluding carboxylic acids is 8. The summed E-state index contributed by atoms with van der Waals surface area (Å²) >= 11 is 0. The van der Waals surface area contributed by atoms with E-state index in [2.05, 4.69) is 144 Å². The number of Topliss-reactive ketones (excluding diaryl/α,β-unsaturated/α-hetero) is 4. The van der Waals surface area contributed by atoms with E-state index < -0.39 is 0 Å². The Morgan fingerprint density at radius 3 is 1.13 bits per heavy atom. The molecule has 4 aliphatic heterocycles. The Balaban J connectivity index is 0.000000145. The van der Waals surface area contributed by atoms with E-state index in [0.29, 0.717) is 69.5 Å². The molecule has 666 valence electrons. The molecule has 4 aromatic heterocycles. The number of hydrogen-bond acceptors (Lipinski definition) is 11.